The van der Waals surface area contributed by atoms with E-state index >= 15 is 0 Å². The Bertz CT molecular complexity index is 1190. The fraction of sp³-hybridized carbons (Fsp3) is 0.429. The summed E-state index contributed by atoms with van der Waals surface area (Å²) >= 11 is 0. The molecular formula is C21H23N5O5. The van der Waals surface area contributed by atoms with Crippen molar-refractivity contribution in [3.05, 3.63) is 63.6 Å². The van der Waals surface area contributed by atoms with Gasteiger partial charge in [0.15, 0.2) is 0 Å². The maximum absolute atomic E-state index is 13.6. The van der Waals surface area contributed by atoms with Crippen LogP contribution in [0.15, 0.2) is 45.6 Å². The van der Waals surface area contributed by atoms with E-state index in [2.05, 4.69) is 10.3 Å². The minimum atomic E-state index is -1.00. The number of fused-ring (bicyclic) bond motifs is 2. The van der Waals surface area contributed by atoms with Gasteiger partial charge in [0.05, 0.1) is 19.3 Å². The summed E-state index contributed by atoms with van der Waals surface area (Å²) in [6.45, 7) is 4.72. The lowest BCUT2D eigenvalue weighted by Gasteiger charge is -2.51. The number of carbonyl (C=O) groups excluding carboxylic acids is 2. The van der Waals surface area contributed by atoms with Crippen molar-refractivity contribution in [2.45, 2.75) is 26.1 Å². The second-order valence-electron chi connectivity index (χ2n) is 8.21. The van der Waals surface area contributed by atoms with Gasteiger partial charge in [-0.3, -0.25) is 24.2 Å². The van der Waals surface area contributed by atoms with Gasteiger partial charge in [0.25, 0.3) is 17.4 Å². The van der Waals surface area contributed by atoms with Gasteiger partial charge in [0.2, 0.25) is 0 Å². The van der Waals surface area contributed by atoms with Crippen LogP contribution in [0.25, 0.3) is 0 Å². The molecule has 3 unspecified atom stereocenters. The van der Waals surface area contributed by atoms with E-state index in [0.29, 0.717) is 30.0 Å². The molecule has 2 amide bonds. The van der Waals surface area contributed by atoms with Crippen molar-refractivity contribution in [3.63, 3.8) is 0 Å². The van der Waals surface area contributed by atoms with E-state index in [4.69, 9.17) is 9.26 Å². The van der Waals surface area contributed by atoms with E-state index in [1.165, 1.54) is 12.3 Å². The number of nitrogens with zero attached hydrogens (tertiary/aromatic N) is 4. The molecule has 3 atom stereocenters. The summed E-state index contributed by atoms with van der Waals surface area (Å²) in [5, 5.41) is 6.57. The Kier molecular flexibility index (Phi) is 4.21. The Labute approximate surface area is 177 Å². The van der Waals surface area contributed by atoms with E-state index in [-0.39, 0.29) is 35.8 Å². The third kappa shape index (κ3) is 2.63. The fourth-order valence-corrected chi connectivity index (χ4v) is 5.17. The lowest BCUT2D eigenvalue weighted by molar-refractivity contribution is -0.0374. The molecule has 162 valence electrons. The molecule has 2 aromatic rings. The summed E-state index contributed by atoms with van der Waals surface area (Å²) in [6, 6.07) is 1.31. The van der Waals surface area contributed by atoms with Crippen LogP contribution in [0.1, 0.15) is 33.5 Å². The summed E-state index contributed by atoms with van der Waals surface area (Å²) in [5.41, 5.74) is -0.193. The van der Waals surface area contributed by atoms with Crippen molar-refractivity contribution in [1.82, 2.24) is 24.7 Å². The van der Waals surface area contributed by atoms with Crippen molar-refractivity contribution >= 4 is 11.8 Å². The van der Waals surface area contributed by atoms with Crippen LogP contribution in [0.4, 0.5) is 0 Å². The molecule has 0 saturated carbocycles. The molecule has 2 aliphatic heterocycles. The van der Waals surface area contributed by atoms with Crippen LogP contribution in [0.5, 0.6) is 0 Å². The number of allylic oxidation sites excluding steroid dienone is 2. The number of aromatic amines is 1. The number of ether oxygens (including phenoxy) is 1. The molecule has 0 aromatic carbocycles. The van der Waals surface area contributed by atoms with Crippen molar-refractivity contribution in [3.8, 4) is 0 Å². The number of aromatic nitrogens is 3. The molecule has 0 bridgehead atoms. The number of amides is 2. The molecule has 1 fully saturated rings. The first-order valence-corrected chi connectivity index (χ1v) is 10.2. The topological polar surface area (TPSA) is 114 Å². The molecular weight excluding hydrogens is 402 g/mol. The normalized spacial score (nSPS) is 27.2. The summed E-state index contributed by atoms with van der Waals surface area (Å²) in [6.07, 6.45) is 7.18. The zero-order valence-corrected chi connectivity index (χ0v) is 17.5. The number of hydrogen-bond acceptors (Lipinski definition) is 6. The minimum absolute atomic E-state index is 0.0314. The molecule has 3 aliphatic rings. The predicted molar refractivity (Wildman–Crippen MR) is 108 cm³/mol. The highest BCUT2D eigenvalue weighted by atomic mass is 16.5. The monoisotopic (exact) mass is 425 g/mol. The summed E-state index contributed by atoms with van der Waals surface area (Å²) in [4.78, 5) is 42.5. The molecule has 4 heterocycles. The number of methoxy groups -OCH3 is 1. The van der Waals surface area contributed by atoms with E-state index in [1.807, 2.05) is 25.2 Å². The predicted octanol–water partition coefficient (Wildman–Crippen LogP) is 1.13. The number of carbonyl (C=O) groups is 2. The van der Waals surface area contributed by atoms with Gasteiger partial charge in [0, 0.05) is 25.1 Å². The van der Waals surface area contributed by atoms with Gasteiger partial charge < -0.3 is 19.1 Å². The van der Waals surface area contributed by atoms with Crippen molar-refractivity contribution in [2.24, 2.45) is 11.8 Å². The second kappa shape index (κ2) is 6.73. The van der Waals surface area contributed by atoms with Crippen molar-refractivity contribution in [2.75, 3.05) is 20.2 Å². The first-order valence-electron chi connectivity index (χ1n) is 10.2. The lowest BCUT2D eigenvalue weighted by Crippen LogP contribution is -2.67. The molecule has 1 N–H and O–H groups in total. The van der Waals surface area contributed by atoms with Crippen LogP contribution in [-0.2, 0) is 11.3 Å². The molecule has 31 heavy (non-hydrogen) atoms. The smallest absolute Gasteiger partial charge is 0.274 e. The number of aryl methyl sites for hydroxylation is 1. The highest BCUT2D eigenvalue weighted by Gasteiger charge is 2.60. The maximum Gasteiger partial charge on any atom is 0.274 e. The van der Waals surface area contributed by atoms with Gasteiger partial charge in [-0.15, -0.1) is 0 Å². The third-order valence-electron chi connectivity index (χ3n) is 6.60. The van der Waals surface area contributed by atoms with E-state index in [9.17, 15) is 14.4 Å². The molecule has 1 saturated heterocycles. The standard InChI is InChI=1S/C21H23N5O5/c1-12-8-14(30-3)4-5-16(12)21-11-26-17(9-18(27)22-26)20(29)25(21)7-6-24(21)19(28)15-10-31-23-13(15)2/h4-5,8-10,12,16H,6-7,11H2,1-3H3,(H,22,27). The van der Waals surface area contributed by atoms with E-state index in [1.54, 1.807) is 28.5 Å². The summed E-state index contributed by atoms with van der Waals surface area (Å²) in [5.74, 6) is -0.0510. The Hall–Kier alpha value is -3.56. The Morgan fingerprint density at radius 3 is 2.84 bits per heavy atom. The van der Waals surface area contributed by atoms with Crippen LogP contribution in [-0.4, -0.2) is 62.4 Å². The number of hydrogen-bond donors (Lipinski definition) is 1. The third-order valence-corrected chi connectivity index (χ3v) is 6.60. The number of rotatable bonds is 3. The first-order chi connectivity index (χ1) is 14.9. The molecule has 0 spiro atoms. The maximum atomic E-state index is 13.6. The zero-order valence-electron chi connectivity index (χ0n) is 17.5. The van der Waals surface area contributed by atoms with Crippen LogP contribution in [0.3, 0.4) is 0 Å². The molecule has 5 rings (SSSR count). The number of nitrogens with one attached hydrogen (secondary N) is 1. The quantitative estimate of drug-likeness (QED) is 0.789. The molecule has 0 radical (unpaired) electrons. The Morgan fingerprint density at radius 2 is 2.16 bits per heavy atom. The van der Waals surface area contributed by atoms with Crippen LogP contribution >= 0.6 is 0 Å². The summed E-state index contributed by atoms with van der Waals surface area (Å²) < 4.78 is 11.9. The zero-order chi connectivity index (χ0) is 21.9. The number of H-pyrrole nitrogens is 1. The first kappa shape index (κ1) is 19.4. The van der Waals surface area contributed by atoms with Crippen LogP contribution in [0.2, 0.25) is 0 Å². The SMILES string of the molecule is COC1=CC(C)C(C23Cn4[nH]c(=O)cc4C(=O)N2CCN3C(=O)c2conc2C)C=C1. The summed E-state index contributed by atoms with van der Waals surface area (Å²) in [7, 11) is 1.61. The van der Waals surface area contributed by atoms with Crippen LogP contribution < -0.4 is 5.56 Å². The highest BCUT2D eigenvalue weighted by molar-refractivity contribution is 5.98. The van der Waals surface area contributed by atoms with Crippen LogP contribution in [0, 0.1) is 18.8 Å². The Balaban J connectivity index is 1.67. The van der Waals surface area contributed by atoms with Gasteiger partial charge in [0.1, 0.15) is 28.9 Å². The van der Waals surface area contributed by atoms with Gasteiger partial charge in [-0.25, -0.2) is 0 Å². The largest absolute Gasteiger partial charge is 0.497 e. The van der Waals surface area contributed by atoms with Gasteiger partial charge in [-0.1, -0.05) is 18.2 Å². The van der Waals surface area contributed by atoms with Gasteiger partial charge in [-0.2, -0.15) is 0 Å². The molecule has 10 heteroatoms. The average Bonchev–Trinajstić information content (AvgIpc) is 3.44. The molecule has 2 aromatic heterocycles. The molecule has 1 aliphatic carbocycles. The van der Waals surface area contributed by atoms with Crippen molar-refractivity contribution in [1.29, 1.82) is 0 Å². The Morgan fingerprint density at radius 1 is 1.35 bits per heavy atom. The van der Waals surface area contributed by atoms with Crippen molar-refractivity contribution < 1.29 is 18.8 Å². The fourth-order valence-electron chi connectivity index (χ4n) is 5.17. The van der Waals surface area contributed by atoms with E-state index < -0.39 is 5.66 Å². The van der Waals surface area contributed by atoms with Gasteiger partial charge >= 0.3 is 0 Å². The van der Waals surface area contributed by atoms with Gasteiger partial charge in [-0.05, 0) is 25.0 Å². The minimum Gasteiger partial charge on any atom is -0.497 e. The second-order valence-corrected chi connectivity index (χ2v) is 8.21. The average molecular weight is 425 g/mol. The van der Waals surface area contributed by atoms with E-state index in [0.717, 1.165) is 5.76 Å². The lowest BCUT2D eigenvalue weighted by atomic mass is 9.77. The molecule has 10 nitrogen and oxygen atoms in total. The highest BCUT2D eigenvalue weighted by Crippen LogP contribution is 2.45.